The molecule has 0 radical (unpaired) electrons. The smallest absolute Gasteiger partial charge is 0.193 e. The number of phenols is 1. The summed E-state index contributed by atoms with van der Waals surface area (Å²) in [6.07, 6.45) is 6.62. The molecule has 1 heterocycles. The maximum atomic E-state index is 12.5. The highest BCUT2D eigenvalue weighted by Gasteiger charge is 2.17. The lowest BCUT2D eigenvalue weighted by atomic mass is 10.0. The summed E-state index contributed by atoms with van der Waals surface area (Å²) in [5, 5.41) is 12.2. The molecule has 1 aromatic heterocycles. The monoisotopic (exact) mass is 335 g/mol. The fourth-order valence-corrected chi connectivity index (χ4v) is 2.56. The first-order valence-corrected chi connectivity index (χ1v) is 7.63. The van der Waals surface area contributed by atoms with Crippen molar-refractivity contribution in [1.82, 2.24) is 4.98 Å². The van der Waals surface area contributed by atoms with Crippen molar-refractivity contribution in [3.63, 3.8) is 0 Å². The predicted octanol–water partition coefficient (Wildman–Crippen LogP) is 3.85. The Balaban J connectivity index is 1.91. The van der Waals surface area contributed by atoms with Crippen LogP contribution < -0.4 is 9.47 Å². The first kappa shape index (κ1) is 16.5. The molecule has 0 saturated heterocycles. The van der Waals surface area contributed by atoms with E-state index in [1.807, 2.05) is 24.3 Å². The van der Waals surface area contributed by atoms with Crippen LogP contribution in [0.3, 0.4) is 0 Å². The van der Waals surface area contributed by atoms with E-state index in [1.165, 1.54) is 26.4 Å². The van der Waals surface area contributed by atoms with E-state index in [2.05, 4.69) is 4.98 Å². The maximum Gasteiger partial charge on any atom is 0.193 e. The number of phenolic OH excluding ortho intramolecular Hbond substituents is 1. The molecule has 0 aliphatic heterocycles. The minimum absolute atomic E-state index is 0.101. The van der Waals surface area contributed by atoms with E-state index in [0.29, 0.717) is 5.75 Å². The fourth-order valence-electron chi connectivity index (χ4n) is 2.56. The van der Waals surface area contributed by atoms with Gasteiger partial charge in [0, 0.05) is 29.9 Å². The van der Waals surface area contributed by atoms with E-state index in [0.717, 1.165) is 16.3 Å². The molecule has 0 saturated carbocycles. The number of carbonyl (C=O) groups is 1. The zero-order valence-electron chi connectivity index (χ0n) is 13.9. The van der Waals surface area contributed by atoms with Crippen LogP contribution in [0.5, 0.6) is 17.2 Å². The largest absolute Gasteiger partial charge is 0.507 e. The van der Waals surface area contributed by atoms with Crippen LogP contribution in [0, 0.1) is 0 Å². The van der Waals surface area contributed by atoms with Gasteiger partial charge in [-0.2, -0.15) is 0 Å². The van der Waals surface area contributed by atoms with Gasteiger partial charge < -0.3 is 14.6 Å². The highest BCUT2D eigenvalue weighted by Crippen LogP contribution is 2.33. The summed E-state index contributed by atoms with van der Waals surface area (Å²) in [7, 11) is 2.91. The molecule has 0 fully saturated rings. The Morgan fingerprint density at radius 2 is 1.92 bits per heavy atom. The summed E-state index contributed by atoms with van der Waals surface area (Å²) in [5.74, 6) is 0.136. The standard InChI is InChI=1S/C20H17NO4/c1-24-16-10-18(23)20(19(11-16)25-2)17(22)6-4-13-3-5-15-12-21-8-7-14(15)9-13/h3-12,23H,1-2H3. The lowest BCUT2D eigenvalue weighted by Crippen LogP contribution is -2.00. The Hall–Kier alpha value is -3.34. The summed E-state index contributed by atoms with van der Waals surface area (Å²) >= 11 is 0. The van der Waals surface area contributed by atoms with Gasteiger partial charge in [-0.05, 0) is 29.2 Å². The number of nitrogens with zero attached hydrogens (tertiary/aromatic N) is 1. The number of aromatic hydroxyl groups is 1. The van der Waals surface area contributed by atoms with Gasteiger partial charge in [-0.3, -0.25) is 9.78 Å². The Labute approximate surface area is 145 Å². The highest BCUT2D eigenvalue weighted by atomic mass is 16.5. The van der Waals surface area contributed by atoms with Crippen molar-refractivity contribution >= 4 is 22.6 Å². The van der Waals surface area contributed by atoms with E-state index in [1.54, 1.807) is 24.5 Å². The van der Waals surface area contributed by atoms with E-state index in [9.17, 15) is 9.90 Å². The van der Waals surface area contributed by atoms with Gasteiger partial charge in [-0.25, -0.2) is 0 Å². The second kappa shape index (κ2) is 7.05. The van der Waals surface area contributed by atoms with Crippen LogP contribution in [0.25, 0.3) is 16.8 Å². The van der Waals surface area contributed by atoms with Gasteiger partial charge in [0.2, 0.25) is 0 Å². The molecule has 126 valence electrons. The topological polar surface area (TPSA) is 68.7 Å². The molecule has 0 spiro atoms. The molecule has 3 aromatic rings. The Kier molecular flexibility index (Phi) is 4.66. The number of hydrogen-bond acceptors (Lipinski definition) is 5. The van der Waals surface area contributed by atoms with Crippen molar-refractivity contribution in [2.75, 3.05) is 14.2 Å². The first-order chi connectivity index (χ1) is 12.1. The van der Waals surface area contributed by atoms with Crippen molar-refractivity contribution in [1.29, 1.82) is 0 Å². The van der Waals surface area contributed by atoms with Crippen LogP contribution in [0.2, 0.25) is 0 Å². The zero-order chi connectivity index (χ0) is 17.8. The SMILES string of the molecule is COc1cc(O)c(C(=O)C=Cc2ccc3cnccc3c2)c(OC)c1. The minimum atomic E-state index is -0.355. The zero-order valence-corrected chi connectivity index (χ0v) is 13.9. The fraction of sp³-hybridized carbons (Fsp3) is 0.100. The van der Waals surface area contributed by atoms with E-state index in [4.69, 9.17) is 9.47 Å². The summed E-state index contributed by atoms with van der Waals surface area (Å²) in [5.41, 5.74) is 0.976. The molecule has 0 bridgehead atoms. The van der Waals surface area contributed by atoms with Crippen LogP contribution in [0.1, 0.15) is 15.9 Å². The summed E-state index contributed by atoms with van der Waals surface area (Å²) in [6, 6.07) is 10.7. The van der Waals surface area contributed by atoms with Crippen molar-refractivity contribution < 1.29 is 19.4 Å². The van der Waals surface area contributed by atoms with Crippen LogP contribution >= 0.6 is 0 Å². The molecule has 5 nitrogen and oxygen atoms in total. The Bertz CT molecular complexity index is 963. The maximum absolute atomic E-state index is 12.5. The van der Waals surface area contributed by atoms with Crippen molar-refractivity contribution in [2.45, 2.75) is 0 Å². The summed E-state index contributed by atoms with van der Waals surface area (Å²) in [4.78, 5) is 16.6. The van der Waals surface area contributed by atoms with Gasteiger partial charge in [0.15, 0.2) is 5.78 Å². The molecule has 5 heteroatoms. The van der Waals surface area contributed by atoms with Crippen LogP contribution in [0.4, 0.5) is 0 Å². The quantitative estimate of drug-likeness (QED) is 0.566. The molecular weight excluding hydrogens is 318 g/mol. The Morgan fingerprint density at radius 3 is 2.68 bits per heavy atom. The molecule has 3 rings (SSSR count). The normalized spacial score (nSPS) is 11.0. The van der Waals surface area contributed by atoms with Gasteiger partial charge in [-0.15, -0.1) is 0 Å². The molecule has 0 atom stereocenters. The number of hydrogen-bond donors (Lipinski definition) is 1. The molecule has 2 aromatic carbocycles. The number of fused-ring (bicyclic) bond motifs is 1. The third-order valence-corrected chi connectivity index (χ3v) is 3.85. The average molecular weight is 335 g/mol. The van der Waals surface area contributed by atoms with Crippen molar-refractivity contribution in [3.8, 4) is 17.2 Å². The number of ether oxygens (including phenoxy) is 2. The van der Waals surface area contributed by atoms with Gasteiger partial charge in [0.05, 0.1) is 14.2 Å². The lowest BCUT2D eigenvalue weighted by Gasteiger charge is -2.10. The number of pyridine rings is 1. The molecule has 0 amide bonds. The van der Waals surface area contributed by atoms with E-state index in [-0.39, 0.29) is 22.8 Å². The van der Waals surface area contributed by atoms with Gasteiger partial charge in [0.1, 0.15) is 22.8 Å². The molecule has 1 N–H and O–H groups in total. The third-order valence-electron chi connectivity index (χ3n) is 3.85. The third kappa shape index (κ3) is 3.45. The summed E-state index contributed by atoms with van der Waals surface area (Å²) < 4.78 is 10.3. The minimum Gasteiger partial charge on any atom is -0.507 e. The second-order valence-corrected chi connectivity index (χ2v) is 5.40. The van der Waals surface area contributed by atoms with Crippen LogP contribution in [0.15, 0.2) is 54.9 Å². The van der Waals surface area contributed by atoms with Gasteiger partial charge in [-0.1, -0.05) is 18.2 Å². The van der Waals surface area contributed by atoms with Crippen molar-refractivity contribution in [2.24, 2.45) is 0 Å². The number of allylic oxidation sites excluding steroid dienone is 1. The molecule has 0 aliphatic carbocycles. The van der Waals surface area contributed by atoms with Crippen LogP contribution in [-0.4, -0.2) is 30.1 Å². The molecule has 25 heavy (non-hydrogen) atoms. The molecule has 0 unspecified atom stereocenters. The first-order valence-electron chi connectivity index (χ1n) is 7.63. The molecule has 0 aliphatic rings. The second-order valence-electron chi connectivity index (χ2n) is 5.40. The van der Waals surface area contributed by atoms with Crippen molar-refractivity contribution in [3.05, 3.63) is 66.0 Å². The number of rotatable bonds is 5. The highest BCUT2D eigenvalue weighted by molar-refractivity contribution is 6.10. The lowest BCUT2D eigenvalue weighted by molar-refractivity contribution is 0.104. The number of carbonyl (C=O) groups excluding carboxylic acids is 1. The van der Waals surface area contributed by atoms with Crippen LogP contribution in [-0.2, 0) is 0 Å². The number of ketones is 1. The molecular formula is C20H17NO4. The van der Waals surface area contributed by atoms with E-state index >= 15 is 0 Å². The number of methoxy groups -OCH3 is 2. The average Bonchev–Trinajstić information content (AvgIpc) is 2.65. The summed E-state index contributed by atoms with van der Waals surface area (Å²) in [6.45, 7) is 0. The number of aromatic nitrogens is 1. The van der Waals surface area contributed by atoms with Gasteiger partial charge in [0.25, 0.3) is 0 Å². The van der Waals surface area contributed by atoms with E-state index < -0.39 is 0 Å². The number of benzene rings is 2. The Morgan fingerprint density at radius 1 is 1.08 bits per heavy atom. The predicted molar refractivity (Wildman–Crippen MR) is 96.3 cm³/mol. The van der Waals surface area contributed by atoms with Gasteiger partial charge >= 0.3 is 0 Å².